The van der Waals surface area contributed by atoms with Gasteiger partial charge in [-0.1, -0.05) is 52.0 Å². The third kappa shape index (κ3) is 15.7. The molecule has 0 bridgehead atoms. The van der Waals surface area contributed by atoms with Gasteiger partial charge in [0.2, 0.25) is 0 Å². The van der Waals surface area contributed by atoms with Gasteiger partial charge in [0.05, 0.1) is 68.1 Å². The standard InChI is InChI=1S/C31H33N7S.C30H32N8S.CH3NO2.2BrH.Zn/c1-31(2,3)18-35-30-21(14-33)15-34-29-20(13-32)10-19(12-25(29)30)11-24(27-16-38(37-36-27)22-8-9-22)26-17-39-28-7-5-4-6-23(26)28;1-30(2,3)17-35-29-20(12-32)13-34-28-19(11-31)8-18(10-24(28)29)9-23(26-15-38(37-36-26)21-4-5-21)25-16-39-27-14-33-7-6-22(25)27;1-2(3)4;;;/h10,12,15-17,22,24H,4-9,11,18H2,1-3H3,(H,34,35);8,10,13,15-16,21,23,33H,4-7,9,14,17H2,1-3H3,(H,34,35);1H3;2*1H;/q;;;;;+2/p-2/t24-;23-;;;;/m00..../s1. The molecule has 0 spiro atoms. The number of hydrogen-bond acceptors (Lipinski definition) is 17. The molecule has 8 aromatic rings. The number of thiophene rings is 2. The summed E-state index contributed by atoms with van der Waals surface area (Å²) in [6.07, 6.45) is 19.1. The van der Waals surface area contributed by atoms with Gasteiger partial charge in [0.15, 0.2) is 7.05 Å². The van der Waals surface area contributed by atoms with Gasteiger partial charge < -0.3 is 16.0 Å². The zero-order valence-corrected chi connectivity index (χ0v) is 56.9. The fourth-order valence-corrected chi connectivity index (χ4v) is 13.3. The van der Waals surface area contributed by atoms with Gasteiger partial charge in [-0.15, -0.1) is 32.9 Å². The second-order valence-electron chi connectivity index (χ2n) is 24.5. The van der Waals surface area contributed by atoms with Crippen LogP contribution in [-0.2, 0) is 51.9 Å². The third-order valence-corrected chi connectivity index (χ3v) is 17.5. The number of nitro groups is 1. The van der Waals surface area contributed by atoms with E-state index >= 15 is 0 Å². The number of aromatic nitrogens is 8. The van der Waals surface area contributed by atoms with E-state index in [0.717, 1.165) is 110 Å². The SMILES string of the molecule is CC(C)(C)CNc1c(C#N)cnc2c(C#N)cc(C[C@H](c3cn(C4CC4)nn3)c3csc4c3CCCC4)cc12.CC(C)(C)CNc1c(C#N)cnc2c(C#N)cc(C[C@H](c3cn(C4CC4)nn3)c3csc4c3CCNC4)cc12.C[N+](=O)[O-].[Br][Zn][Br]. The summed E-state index contributed by atoms with van der Waals surface area (Å²) in [4.78, 5) is 20.3. The molecule has 4 aliphatic rings. The van der Waals surface area contributed by atoms with Crippen molar-refractivity contribution in [2.75, 3.05) is 37.3 Å². The van der Waals surface area contributed by atoms with E-state index in [0.29, 0.717) is 71.3 Å². The molecule has 0 radical (unpaired) electrons. The first-order valence-corrected chi connectivity index (χ1v) is 44.4. The molecule has 1 aliphatic heterocycles. The molecule has 2 atom stereocenters. The van der Waals surface area contributed by atoms with E-state index in [1.54, 1.807) is 12.4 Å². The van der Waals surface area contributed by atoms with Crippen LogP contribution in [0.5, 0.6) is 0 Å². The predicted molar refractivity (Wildman–Crippen MR) is 337 cm³/mol. The topological polar surface area (TPSA) is 262 Å². The molecule has 436 valence electrons. The summed E-state index contributed by atoms with van der Waals surface area (Å²) in [5.41, 5.74) is 14.4. The van der Waals surface area contributed by atoms with E-state index in [1.165, 1.54) is 44.8 Å². The van der Waals surface area contributed by atoms with E-state index in [2.05, 4.69) is 175 Å². The molecule has 0 amide bonds. The molecule has 2 saturated carbocycles. The van der Waals surface area contributed by atoms with E-state index in [-0.39, 0.29) is 35.9 Å². The molecule has 2 aromatic carbocycles. The Bertz CT molecular complexity index is 3650. The van der Waals surface area contributed by atoms with Crippen molar-refractivity contribution in [3.63, 3.8) is 0 Å². The second kappa shape index (κ2) is 27.9. The zero-order chi connectivity index (χ0) is 60.6. The molecule has 12 rings (SSSR count). The molecular weight excluding hydrogens is 1290 g/mol. The van der Waals surface area contributed by atoms with Crippen LogP contribution < -0.4 is 16.0 Å². The summed E-state index contributed by atoms with van der Waals surface area (Å²) >= 11 is 9.94. The quantitative estimate of drug-likeness (QED) is 0.0519. The number of halogens is 2. The number of rotatable bonds is 14. The number of benzene rings is 2. The van der Waals surface area contributed by atoms with Crippen LogP contribution in [0.4, 0.5) is 11.4 Å². The Morgan fingerprint density at radius 1 is 0.694 bits per heavy atom. The predicted octanol–water partition coefficient (Wildman–Crippen LogP) is 13.7. The van der Waals surface area contributed by atoms with Crippen molar-refractivity contribution in [2.45, 2.75) is 143 Å². The van der Waals surface area contributed by atoms with Gasteiger partial charge >= 0.3 is 40.5 Å². The minimum atomic E-state index is -0.500. The molecule has 7 heterocycles. The first-order valence-electron chi connectivity index (χ1n) is 28.8. The van der Waals surface area contributed by atoms with Crippen LogP contribution in [0, 0.1) is 66.3 Å². The number of nitrogens with zero attached hydrogens (tertiary/aromatic N) is 13. The minimum absolute atomic E-state index is 0.0172. The Hall–Kier alpha value is -6.56. The first-order chi connectivity index (χ1) is 40.8. The van der Waals surface area contributed by atoms with E-state index in [9.17, 15) is 21.0 Å². The third-order valence-electron chi connectivity index (χ3n) is 15.3. The fraction of sp³-hybridized carbons (Fsp3) is 0.452. The fourth-order valence-electron chi connectivity index (χ4n) is 10.9. The number of nitrogens with one attached hydrogen (secondary N) is 3. The number of hydrogen-bond donors (Lipinski definition) is 3. The number of anilines is 2. The number of fused-ring (bicyclic) bond motifs is 4. The second-order valence-corrected chi connectivity index (χ2v) is 40.5. The van der Waals surface area contributed by atoms with Crippen LogP contribution >= 0.6 is 49.9 Å². The van der Waals surface area contributed by atoms with Crippen molar-refractivity contribution < 1.29 is 18.1 Å². The average Bonchev–Trinajstić information content (AvgIpc) is 3.53. The van der Waals surface area contributed by atoms with Gasteiger partial charge in [0.1, 0.15) is 24.3 Å². The average molecular weight is 1360 g/mol. The summed E-state index contributed by atoms with van der Waals surface area (Å²) < 4.78 is 4.04. The molecule has 0 saturated heterocycles. The van der Waals surface area contributed by atoms with E-state index in [4.69, 9.17) is 10.1 Å². The van der Waals surface area contributed by atoms with Crippen molar-refractivity contribution in [1.82, 2.24) is 45.3 Å². The first kappa shape index (κ1) is 63.0. The molecule has 3 N–H and O–H groups in total. The number of pyridine rings is 2. The van der Waals surface area contributed by atoms with Gasteiger partial charge in [-0.2, -0.15) is 21.0 Å². The molecular formula is C62H68Br2N16O2S2Zn. The van der Waals surface area contributed by atoms with Crippen LogP contribution in [0.1, 0.15) is 181 Å². The van der Waals surface area contributed by atoms with Crippen molar-refractivity contribution in [3.8, 4) is 24.3 Å². The van der Waals surface area contributed by atoms with Crippen molar-refractivity contribution in [3.05, 3.63) is 147 Å². The Balaban J connectivity index is 0.000000184. The van der Waals surface area contributed by atoms with Crippen LogP contribution in [0.3, 0.4) is 0 Å². The van der Waals surface area contributed by atoms with Crippen molar-refractivity contribution >= 4 is 83.1 Å². The molecule has 85 heavy (non-hydrogen) atoms. The maximum absolute atomic E-state index is 10.1. The van der Waals surface area contributed by atoms with Crippen LogP contribution in [-0.4, -0.2) is 71.6 Å². The van der Waals surface area contributed by atoms with Gasteiger partial charge in [0, 0.05) is 81.7 Å². The maximum atomic E-state index is 10.1. The normalized spacial score (nSPS) is 15.0. The van der Waals surface area contributed by atoms with E-state index < -0.39 is 4.92 Å². The Morgan fingerprint density at radius 2 is 1.12 bits per heavy atom. The Labute approximate surface area is 525 Å². The van der Waals surface area contributed by atoms with Crippen molar-refractivity contribution in [1.29, 1.82) is 21.0 Å². The molecule has 3 aliphatic carbocycles. The molecule has 18 nitrogen and oxygen atoms in total. The monoisotopic (exact) mass is 1350 g/mol. The van der Waals surface area contributed by atoms with Gasteiger partial charge in [-0.3, -0.25) is 20.1 Å². The Kier molecular flexibility index (Phi) is 20.6. The zero-order valence-electron chi connectivity index (χ0n) is 49.1. The molecule has 0 unspecified atom stereocenters. The summed E-state index contributed by atoms with van der Waals surface area (Å²) in [7, 11) is 0.889. The molecule has 23 heteroatoms. The van der Waals surface area contributed by atoms with Gasteiger partial charge in [-0.05, 0) is 156 Å². The summed E-state index contributed by atoms with van der Waals surface area (Å²) in [5.74, 6) is 0.0790. The number of aryl methyl sites for hydroxylation is 1. The van der Waals surface area contributed by atoms with Crippen LogP contribution in [0.15, 0.2) is 59.8 Å². The number of nitriles is 4. The Morgan fingerprint density at radius 3 is 1.54 bits per heavy atom. The van der Waals surface area contributed by atoms with E-state index in [1.807, 2.05) is 44.2 Å². The molecule has 6 aromatic heterocycles. The summed E-state index contributed by atoms with van der Waals surface area (Å²) in [5, 5.41) is 83.8. The van der Waals surface area contributed by atoms with Crippen LogP contribution in [0.2, 0.25) is 0 Å². The molecule has 2 fully saturated rings. The summed E-state index contributed by atoms with van der Waals surface area (Å²) in [6, 6.07) is 18.4. The van der Waals surface area contributed by atoms with Crippen molar-refractivity contribution in [2.24, 2.45) is 10.8 Å². The summed E-state index contributed by atoms with van der Waals surface area (Å²) in [6.45, 7) is 16.2. The van der Waals surface area contributed by atoms with Crippen LogP contribution in [0.25, 0.3) is 21.8 Å². The van der Waals surface area contributed by atoms with Gasteiger partial charge in [0.25, 0.3) is 0 Å². The van der Waals surface area contributed by atoms with Gasteiger partial charge in [-0.25, -0.2) is 9.36 Å².